The van der Waals surface area contributed by atoms with Gasteiger partial charge in [0.05, 0.1) is 25.9 Å². The Morgan fingerprint density at radius 1 is 0.821 bits per heavy atom. The molecule has 0 aromatic heterocycles. The van der Waals surface area contributed by atoms with Crippen LogP contribution in [0.15, 0.2) is 91.0 Å². The monoisotopic (exact) mass is 549 g/mol. The highest BCUT2D eigenvalue weighted by atomic mass is 28.4. The molecule has 0 aliphatic rings. The third kappa shape index (κ3) is 8.26. The average molecular weight is 550 g/mol. The smallest absolute Gasteiger partial charge is 0.408 e. The van der Waals surface area contributed by atoms with E-state index in [1.807, 2.05) is 66.7 Å². The predicted octanol–water partition coefficient (Wildman–Crippen LogP) is 5.03. The lowest BCUT2D eigenvalue weighted by atomic mass is 10.1. The lowest BCUT2D eigenvalue weighted by Gasteiger charge is -2.44. The zero-order valence-corrected chi connectivity index (χ0v) is 25.0. The minimum absolute atomic E-state index is 0.168. The number of aliphatic hydroxyl groups is 1. The summed E-state index contributed by atoms with van der Waals surface area (Å²) in [6.45, 7) is 12.2. The molecule has 3 aromatic carbocycles. The van der Waals surface area contributed by atoms with E-state index >= 15 is 0 Å². The summed E-state index contributed by atoms with van der Waals surface area (Å²) in [5, 5.41) is 15.2. The number of ether oxygens (including phenoxy) is 2. The molecule has 0 aliphatic carbocycles. The van der Waals surface area contributed by atoms with Gasteiger partial charge in [-0.2, -0.15) is 0 Å². The van der Waals surface area contributed by atoms with Crippen LogP contribution in [0.2, 0.25) is 5.04 Å². The van der Waals surface area contributed by atoms with E-state index in [2.05, 4.69) is 50.4 Å². The van der Waals surface area contributed by atoms with Crippen LogP contribution in [-0.4, -0.2) is 50.5 Å². The average Bonchev–Trinajstić information content (AvgIpc) is 2.89. The molecule has 0 radical (unpaired) electrons. The maximum atomic E-state index is 12.7. The van der Waals surface area contributed by atoms with E-state index in [1.165, 1.54) is 0 Å². The molecule has 0 saturated carbocycles. The Morgan fingerprint density at radius 3 is 1.74 bits per heavy atom. The van der Waals surface area contributed by atoms with Crippen molar-refractivity contribution in [2.45, 2.75) is 70.9 Å². The fourth-order valence-electron chi connectivity index (χ4n) is 4.74. The summed E-state index contributed by atoms with van der Waals surface area (Å²) < 4.78 is 18.9. The van der Waals surface area contributed by atoms with Crippen molar-refractivity contribution in [1.82, 2.24) is 5.32 Å². The minimum atomic E-state index is -2.86. The van der Waals surface area contributed by atoms with E-state index in [4.69, 9.17) is 13.9 Å². The van der Waals surface area contributed by atoms with Gasteiger partial charge >= 0.3 is 6.09 Å². The summed E-state index contributed by atoms with van der Waals surface area (Å²) in [5.41, 5.74) is 0.317. The number of hydrogen-bond acceptors (Lipinski definition) is 5. The molecule has 0 saturated heterocycles. The summed E-state index contributed by atoms with van der Waals surface area (Å²) in [6, 6.07) is 29.8. The van der Waals surface area contributed by atoms with Gasteiger partial charge in [-0.05, 0) is 41.7 Å². The van der Waals surface area contributed by atoms with Crippen LogP contribution < -0.4 is 15.7 Å². The van der Waals surface area contributed by atoms with Crippen LogP contribution in [0.25, 0.3) is 0 Å². The SMILES string of the molecule is CC(C)(C)OC(=O)N[C@H](CO)[C@@H](CO[Si](c1ccccc1)(c1ccccc1)C(C)(C)C)OCc1ccccc1. The Bertz CT molecular complexity index is 1100. The first kappa shape index (κ1) is 30.6. The molecule has 0 heterocycles. The summed E-state index contributed by atoms with van der Waals surface area (Å²) in [6.07, 6.45) is -1.25. The first-order chi connectivity index (χ1) is 18.5. The fourth-order valence-corrected chi connectivity index (χ4v) is 9.31. The molecule has 6 nitrogen and oxygen atoms in total. The van der Waals surface area contributed by atoms with Crippen LogP contribution in [0.3, 0.4) is 0 Å². The zero-order valence-electron chi connectivity index (χ0n) is 24.0. The third-order valence-electron chi connectivity index (χ3n) is 6.54. The molecular weight excluding hydrogens is 506 g/mol. The maximum Gasteiger partial charge on any atom is 0.408 e. The lowest BCUT2D eigenvalue weighted by Crippen LogP contribution is -2.67. The van der Waals surface area contributed by atoms with Crippen LogP contribution in [0.1, 0.15) is 47.1 Å². The van der Waals surface area contributed by atoms with Crippen molar-refractivity contribution < 1.29 is 23.8 Å². The molecule has 0 unspecified atom stereocenters. The van der Waals surface area contributed by atoms with E-state index in [9.17, 15) is 9.90 Å². The molecule has 1 amide bonds. The van der Waals surface area contributed by atoms with Gasteiger partial charge in [-0.1, -0.05) is 112 Å². The van der Waals surface area contributed by atoms with E-state index < -0.39 is 32.2 Å². The van der Waals surface area contributed by atoms with Crippen molar-refractivity contribution >= 4 is 24.8 Å². The Labute approximate surface area is 234 Å². The number of benzene rings is 3. The number of carbonyl (C=O) groups is 1. The number of carbonyl (C=O) groups excluding carboxylic acids is 1. The second-order valence-electron chi connectivity index (χ2n) is 11.7. The number of nitrogens with one attached hydrogen (secondary N) is 1. The van der Waals surface area contributed by atoms with Crippen LogP contribution in [0.5, 0.6) is 0 Å². The quantitative estimate of drug-likeness (QED) is 0.328. The summed E-state index contributed by atoms with van der Waals surface area (Å²) in [7, 11) is -2.86. The first-order valence-electron chi connectivity index (χ1n) is 13.5. The van der Waals surface area contributed by atoms with Crippen molar-refractivity contribution in [3.63, 3.8) is 0 Å². The number of amides is 1. The lowest BCUT2D eigenvalue weighted by molar-refractivity contribution is -0.0304. The number of hydrogen-bond donors (Lipinski definition) is 2. The van der Waals surface area contributed by atoms with Crippen LogP contribution in [0.4, 0.5) is 4.79 Å². The van der Waals surface area contributed by atoms with Gasteiger partial charge in [0.2, 0.25) is 0 Å². The van der Waals surface area contributed by atoms with E-state index in [0.717, 1.165) is 15.9 Å². The number of aliphatic hydroxyl groups excluding tert-OH is 1. The molecule has 3 aromatic rings. The maximum absolute atomic E-state index is 12.7. The van der Waals surface area contributed by atoms with Crippen molar-refractivity contribution in [1.29, 1.82) is 0 Å². The molecule has 3 rings (SSSR count). The molecule has 0 spiro atoms. The second kappa shape index (κ2) is 13.4. The highest BCUT2D eigenvalue weighted by Crippen LogP contribution is 2.37. The van der Waals surface area contributed by atoms with Crippen molar-refractivity contribution in [2.75, 3.05) is 13.2 Å². The highest BCUT2D eigenvalue weighted by molar-refractivity contribution is 6.99. The van der Waals surface area contributed by atoms with Crippen molar-refractivity contribution in [2.24, 2.45) is 0 Å². The van der Waals surface area contributed by atoms with Gasteiger partial charge in [0, 0.05) is 0 Å². The van der Waals surface area contributed by atoms with Gasteiger partial charge < -0.3 is 24.3 Å². The molecule has 2 N–H and O–H groups in total. The topological polar surface area (TPSA) is 77.0 Å². The molecule has 210 valence electrons. The largest absolute Gasteiger partial charge is 0.444 e. The molecule has 0 bridgehead atoms. The van der Waals surface area contributed by atoms with Gasteiger partial charge in [0.1, 0.15) is 11.7 Å². The zero-order chi connectivity index (χ0) is 28.5. The Hall–Kier alpha value is -2.97. The van der Waals surface area contributed by atoms with E-state index in [1.54, 1.807) is 20.8 Å². The molecule has 0 fully saturated rings. The Kier molecular flexibility index (Phi) is 10.5. The second-order valence-corrected chi connectivity index (χ2v) is 16.1. The van der Waals surface area contributed by atoms with Gasteiger partial charge in [-0.25, -0.2) is 4.79 Å². The molecule has 2 atom stereocenters. The summed E-state index contributed by atoms with van der Waals surface area (Å²) >= 11 is 0. The highest BCUT2D eigenvalue weighted by Gasteiger charge is 2.50. The van der Waals surface area contributed by atoms with E-state index in [-0.39, 0.29) is 18.3 Å². The van der Waals surface area contributed by atoms with Gasteiger partial charge in [-0.15, -0.1) is 0 Å². The molecule has 0 aliphatic heterocycles. The molecule has 39 heavy (non-hydrogen) atoms. The fraction of sp³-hybridized carbons (Fsp3) is 0.406. The Balaban J connectivity index is 1.98. The van der Waals surface area contributed by atoms with Crippen LogP contribution in [-0.2, 0) is 20.5 Å². The third-order valence-corrected chi connectivity index (χ3v) is 11.5. The van der Waals surface area contributed by atoms with Crippen molar-refractivity contribution in [3.8, 4) is 0 Å². The van der Waals surface area contributed by atoms with Crippen LogP contribution >= 0.6 is 0 Å². The summed E-state index contributed by atoms with van der Waals surface area (Å²) in [5.74, 6) is 0. The minimum Gasteiger partial charge on any atom is -0.444 e. The van der Waals surface area contributed by atoms with Crippen LogP contribution in [0, 0.1) is 0 Å². The van der Waals surface area contributed by atoms with Gasteiger partial charge in [0.15, 0.2) is 0 Å². The number of rotatable bonds is 11. The number of alkyl carbamates (subject to hydrolysis) is 1. The molecule has 7 heteroatoms. The van der Waals surface area contributed by atoms with Crippen molar-refractivity contribution in [3.05, 3.63) is 96.6 Å². The standard InChI is InChI=1S/C32H43NO5Si/c1-31(2,3)38-30(35)33-28(22-34)29(36-23-25-16-10-7-11-17-25)24-37-39(32(4,5)6,26-18-12-8-13-19-26)27-20-14-9-15-21-27/h7-21,28-29,34H,22-24H2,1-6H3,(H,33,35)/t28-,29-/m1/s1. The van der Waals surface area contributed by atoms with Gasteiger partial charge in [-0.3, -0.25) is 0 Å². The molecular formula is C32H43NO5Si. The first-order valence-corrected chi connectivity index (χ1v) is 15.4. The Morgan fingerprint density at radius 2 is 1.31 bits per heavy atom. The van der Waals surface area contributed by atoms with Gasteiger partial charge in [0.25, 0.3) is 8.32 Å². The predicted molar refractivity (Wildman–Crippen MR) is 159 cm³/mol. The summed E-state index contributed by atoms with van der Waals surface area (Å²) in [4.78, 5) is 12.7. The van der Waals surface area contributed by atoms with E-state index in [0.29, 0.717) is 6.61 Å². The normalized spacial score (nSPS) is 13.9.